The fourth-order valence-electron chi connectivity index (χ4n) is 1.62. The van der Waals surface area contributed by atoms with E-state index < -0.39 is 0 Å². The third kappa shape index (κ3) is 2.62. The molecule has 0 amide bonds. The minimum Gasteiger partial charge on any atom is -0.508 e. The summed E-state index contributed by atoms with van der Waals surface area (Å²) >= 11 is 1.47. The topological polar surface area (TPSA) is 94.5 Å². The van der Waals surface area contributed by atoms with Crippen LogP contribution in [0.15, 0.2) is 35.6 Å². The summed E-state index contributed by atoms with van der Waals surface area (Å²) in [4.78, 5) is 0. The van der Waals surface area contributed by atoms with Crippen LogP contribution in [-0.2, 0) is 12.8 Å². The van der Waals surface area contributed by atoms with E-state index in [0.29, 0.717) is 10.9 Å². The van der Waals surface area contributed by atoms with Crippen molar-refractivity contribution in [3.63, 3.8) is 0 Å². The van der Waals surface area contributed by atoms with Crippen LogP contribution in [0.25, 0.3) is 5.69 Å². The number of aromatic nitrogens is 7. The lowest BCUT2D eigenvalue weighted by molar-refractivity contribution is 0.475. The van der Waals surface area contributed by atoms with Gasteiger partial charge in [0.15, 0.2) is 0 Å². The average Bonchev–Trinajstić information content (AvgIpc) is 3.06. The molecule has 0 aliphatic heterocycles. The van der Waals surface area contributed by atoms with Gasteiger partial charge >= 0.3 is 0 Å². The molecule has 0 aliphatic rings. The van der Waals surface area contributed by atoms with E-state index in [4.69, 9.17) is 0 Å². The summed E-state index contributed by atoms with van der Waals surface area (Å²) in [6, 6.07) is 6.68. The molecule has 0 unspecified atom stereocenters. The number of aromatic hydroxyl groups is 1. The van der Waals surface area contributed by atoms with Crippen LogP contribution in [0, 0.1) is 0 Å². The molecule has 2 heterocycles. The maximum Gasteiger partial charge on any atom is 0.214 e. The Morgan fingerprint density at radius 2 is 1.95 bits per heavy atom. The Labute approximate surface area is 118 Å². The van der Waals surface area contributed by atoms with Crippen molar-refractivity contribution in [2.45, 2.75) is 10.9 Å². The van der Waals surface area contributed by atoms with Crippen molar-refractivity contribution in [2.24, 2.45) is 7.05 Å². The van der Waals surface area contributed by atoms with Crippen molar-refractivity contribution >= 4 is 11.8 Å². The van der Waals surface area contributed by atoms with Crippen molar-refractivity contribution in [1.82, 2.24) is 35.2 Å². The zero-order chi connectivity index (χ0) is 13.9. The molecule has 9 heteroatoms. The Morgan fingerprint density at radius 3 is 2.65 bits per heavy atom. The summed E-state index contributed by atoms with van der Waals surface area (Å²) in [7, 11) is 1.82. The Bertz CT molecular complexity index is 706. The molecule has 0 atom stereocenters. The van der Waals surface area contributed by atoms with Gasteiger partial charge in [-0.2, -0.15) is 4.68 Å². The van der Waals surface area contributed by atoms with Gasteiger partial charge in [-0.3, -0.25) is 4.68 Å². The molecule has 3 rings (SSSR count). The third-order valence-electron chi connectivity index (χ3n) is 2.53. The SMILES string of the molecule is Cn1cc(CSc2nnnn2-c2ccc(O)cc2)nn1. The van der Waals surface area contributed by atoms with E-state index in [0.717, 1.165) is 11.4 Å². The molecule has 102 valence electrons. The Morgan fingerprint density at radius 1 is 1.15 bits per heavy atom. The number of tetrazole rings is 1. The van der Waals surface area contributed by atoms with Gasteiger partial charge in [0.1, 0.15) is 5.75 Å². The Hall–Kier alpha value is -2.42. The first kappa shape index (κ1) is 12.6. The number of rotatable bonds is 4. The molecule has 0 saturated carbocycles. The van der Waals surface area contributed by atoms with Crippen LogP contribution in [0.1, 0.15) is 5.69 Å². The van der Waals surface area contributed by atoms with Crippen LogP contribution in [0.3, 0.4) is 0 Å². The van der Waals surface area contributed by atoms with Crippen molar-refractivity contribution in [3.05, 3.63) is 36.2 Å². The first-order valence-corrected chi connectivity index (χ1v) is 6.77. The highest BCUT2D eigenvalue weighted by atomic mass is 32.2. The standard InChI is InChI=1S/C11H11N7OS/c1-17-6-8(12-15-17)7-20-11-13-14-16-18(11)9-2-4-10(19)5-3-9/h2-6,19H,7H2,1H3. The lowest BCUT2D eigenvalue weighted by atomic mass is 10.3. The second kappa shape index (κ2) is 5.29. The first-order valence-electron chi connectivity index (χ1n) is 5.78. The summed E-state index contributed by atoms with van der Waals surface area (Å²) in [5.41, 5.74) is 1.65. The number of hydrogen-bond acceptors (Lipinski definition) is 7. The zero-order valence-electron chi connectivity index (χ0n) is 10.6. The lowest BCUT2D eigenvalue weighted by Crippen LogP contribution is -1.98. The van der Waals surface area contributed by atoms with Gasteiger partial charge in [0.05, 0.1) is 11.4 Å². The number of thioether (sulfide) groups is 1. The van der Waals surface area contributed by atoms with E-state index in [-0.39, 0.29) is 5.75 Å². The fourth-order valence-corrected chi connectivity index (χ4v) is 2.39. The van der Waals surface area contributed by atoms with E-state index in [9.17, 15) is 5.11 Å². The molecule has 1 N–H and O–H groups in total. The van der Waals surface area contributed by atoms with E-state index in [1.807, 2.05) is 13.2 Å². The highest BCUT2D eigenvalue weighted by molar-refractivity contribution is 7.98. The number of phenolic OH excluding ortho intramolecular Hbond substituents is 1. The van der Waals surface area contributed by atoms with Gasteiger partial charge in [-0.1, -0.05) is 17.0 Å². The summed E-state index contributed by atoms with van der Waals surface area (Å²) in [6.07, 6.45) is 1.85. The van der Waals surface area contributed by atoms with Gasteiger partial charge in [0.2, 0.25) is 5.16 Å². The molecule has 20 heavy (non-hydrogen) atoms. The molecule has 0 radical (unpaired) electrons. The van der Waals surface area contributed by atoms with Crippen molar-refractivity contribution in [1.29, 1.82) is 0 Å². The van der Waals surface area contributed by atoms with E-state index in [2.05, 4.69) is 25.8 Å². The molecule has 0 fully saturated rings. The molecule has 1 aromatic carbocycles. The number of benzene rings is 1. The quantitative estimate of drug-likeness (QED) is 0.709. The fraction of sp³-hybridized carbons (Fsp3) is 0.182. The third-order valence-corrected chi connectivity index (χ3v) is 3.49. The van der Waals surface area contributed by atoms with Gasteiger partial charge in [0.25, 0.3) is 0 Å². The number of aryl methyl sites for hydroxylation is 1. The van der Waals surface area contributed by atoms with Crippen LogP contribution >= 0.6 is 11.8 Å². The van der Waals surface area contributed by atoms with Crippen LogP contribution in [-0.4, -0.2) is 40.3 Å². The predicted octanol–water partition coefficient (Wildman–Crippen LogP) is 0.789. The molecule has 8 nitrogen and oxygen atoms in total. The Kier molecular flexibility index (Phi) is 3.33. The van der Waals surface area contributed by atoms with Crippen LogP contribution < -0.4 is 0 Å². The number of phenols is 1. The largest absolute Gasteiger partial charge is 0.508 e. The summed E-state index contributed by atoms with van der Waals surface area (Å²) < 4.78 is 3.26. The average molecular weight is 289 g/mol. The van der Waals surface area contributed by atoms with Crippen molar-refractivity contribution in [2.75, 3.05) is 0 Å². The molecule has 0 saturated heterocycles. The molecular formula is C11H11N7OS. The summed E-state index contributed by atoms with van der Waals surface area (Å²) in [5.74, 6) is 0.835. The maximum atomic E-state index is 9.29. The van der Waals surface area contributed by atoms with E-state index >= 15 is 0 Å². The molecule has 0 spiro atoms. The van der Waals surface area contributed by atoms with Crippen LogP contribution in [0.4, 0.5) is 0 Å². The smallest absolute Gasteiger partial charge is 0.214 e. The minimum atomic E-state index is 0.204. The second-order valence-electron chi connectivity index (χ2n) is 4.06. The minimum absolute atomic E-state index is 0.204. The first-order chi connectivity index (χ1) is 9.72. The summed E-state index contributed by atoms with van der Waals surface area (Å²) in [5, 5.41) is 29.4. The van der Waals surface area contributed by atoms with Gasteiger partial charge in [0, 0.05) is 19.0 Å². The van der Waals surface area contributed by atoms with Crippen molar-refractivity contribution < 1.29 is 5.11 Å². The molecule has 2 aromatic heterocycles. The van der Waals surface area contributed by atoms with Gasteiger partial charge < -0.3 is 5.11 Å². The van der Waals surface area contributed by atoms with Crippen LogP contribution in [0.5, 0.6) is 5.75 Å². The highest BCUT2D eigenvalue weighted by Gasteiger charge is 2.10. The maximum absolute atomic E-state index is 9.29. The number of hydrogen-bond donors (Lipinski definition) is 1. The normalized spacial score (nSPS) is 10.8. The van der Waals surface area contributed by atoms with Gasteiger partial charge in [-0.15, -0.1) is 10.2 Å². The zero-order valence-corrected chi connectivity index (χ0v) is 11.4. The van der Waals surface area contributed by atoms with E-state index in [1.54, 1.807) is 33.6 Å². The molecule has 3 aromatic rings. The lowest BCUT2D eigenvalue weighted by Gasteiger charge is -2.03. The summed E-state index contributed by atoms with van der Waals surface area (Å²) in [6.45, 7) is 0. The highest BCUT2D eigenvalue weighted by Crippen LogP contribution is 2.22. The van der Waals surface area contributed by atoms with Gasteiger partial charge in [-0.05, 0) is 34.7 Å². The predicted molar refractivity (Wildman–Crippen MR) is 71.4 cm³/mol. The van der Waals surface area contributed by atoms with E-state index in [1.165, 1.54) is 11.8 Å². The number of nitrogens with zero attached hydrogens (tertiary/aromatic N) is 7. The van der Waals surface area contributed by atoms with Crippen LogP contribution in [0.2, 0.25) is 0 Å². The second-order valence-corrected chi connectivity index (χ2v) is 5.00. The van der Waals surface area contributed by atoms with Gasteiger partial charge in [-0.25, -0.2) is 0 Å². The molecular weight excluding hydrogens is 278 g/mol. The van der Waals surface area contributed by atoms with Crippen molar-refractivity contribution in [3.8, 4) is 11.4 Å². The monoisotopic (exact) mass is 289 g/mol. The molecule has 0 bridgehead atoms. The molecule has 0 aliphatic carbocycles. The Balaban J connectivity index is 1.78.